The van der Waals surface area contributed by atoms with Gasteiger partial charge in [0, 0.05) is 11.5 Å². The van der Waals surface area contributed by atoms with Crippen molar-refractivity contribution in [3.63, 3.8) is 0 Å². The van der Waals surface area contributed by atoms with E-state index in [1.807, 2.05) is 0 Å². The van der Waals surface area contributed by atoms with Crippen LogP contribution in [0, 0.1) is 17.6 Å². The van der Waals surface area contributed by atoms with Crippen LogP contribution < -0.4 is 5.32 Å². The van der Waals surface area contributed by atoms with E-state index in [-0.39, 0.29) is 29.1 Å². The number of aliphatic hydroxyl groups is 1. The number of aliphatic hydroxyl groups excluding tert-OH is 1. The number of nitrogens with one attached hydrogen (secondary N) is 1. The molecule has 0 saturated heterocycles. The number of halogens is 2. The summed E-state index contributed by atoms with van der Waals surface area (Å²) in [5.74, 6) is -1.21. The Kier molecular flexibility index (Phi) is 5.13. The van der Waals surface area contributed by atoms with E-state index in [0.29, 0.717) is 0 Å². The highest BCUT2D eigenvalue weighted by molar-refractivity contribution is 5.81. The van der Waals surface area contributed by atoms with Crippen LogP contribution in [0.15, 0.2) is 48.5 Å². The summed E-state index contributed by atoms with van der Waals surface area (Å²) >= 11 is 0. The van der Waals surface area contributed by atoms with Crippen LogP contribution in [-0.2, 0) is 4.79 Å². The second-order valence-electron chi connectivity index (χ2n) is 6.59. The molecule has 1 saturated carbocycles. The van der Waals surface area contributed by atoms with E-state index in [0.717, 1.165) is 18.4 Å². The Morgan fingerprint density at radius 3 is 2.36 bits per heavy atom. The molecular formula is C20H21F2NO2. The number of benzene rings is 2. The van der Waals surface area contributed by atoms with Crippen LogP contribution >= 0.6 is 0 Å². The predicted octanol–water partition coefficient (Wildman–Crippen LogP) is 3.70. The van der Waals surface area contributed by atoms with Gasteiger partial charge < -0.3 is 10.4 Å². The van der Waals surface area contributed by atoms with E-state index < -0.39 is 18.0 Å². The molecule has 4 atom stereocenters. The summed E-state index contributed by atoms with van der Waals surface area (Å²) in [6.45, 7) is 1.52. The Morgan fingerprint density at radius 1 is 1.12 bits per heavy atom. The van der Waals surface area contributed by atoms with Gasteiger partial charge in [0.1, 0.15) is 11.6 Å². The number of hydrogen-bond acceptors (Lipinski definition) is 2. The van der Waals surface area contributed by atoms with Gasteiger partial charge in [0.05, 0.1) is 12.1 Å². The molecule has 1 fully saturated rings. The fraction of sp³-hybridized carbons (Fsp3) is 0.350. The van der Waals surface area contributed by atoms with Gasteiger partial charge in [0.25, 0.3) is 0 Å². The van der Waals surface area contributed by atoms with Crippen LogP contribution in [0.25, 0.3) is 0 Å². The first kappa shape index (κ1) is 17.5. The van der Waals surface area contributed by atoms with E-state index in [4.69, 9.17) is 0 Å². The molecule has 1 aliphatic rings. The number of amides is 1. The third-order valence-corrected chi connectivity index (χ3v) is 4.93. The average Bonchev–Trinajstić information content (AvgIpc) is 2.54. The lowest BCUT2D eigenvalue weighted by molar-refractivity contribution is -0.130. The standard InChI is InChI=1S/C20H21F2NO2/c1-12(24)19(17-4-2-3-5-18(17)22)23-20(25)16-11-10-15(16)13-6-8-14(21)9-7-13/h2-9,12,15-16,19,24H,10-11H2,1H3,(H,23,25). The number of rotatable bonds is 5. The average molecular weight is 345 g/mol. The Hall–Kier alpha value is -2.27. The summed E-state index contributed by atoms with van der Waals surface area (Å²) in [4.78, 5) is 12.7. The van der Waals surface area contributed by atoms with Crippen LogP contribution in [0.1, 0.15) is 42.9 Å². The Balaban J connectivity index is 1.74. The minimum Gasteiger partial charge on any atom is -0.391 e. The Bertz CT molecular complexity index is 746. The summed E-state index contributed by atoms with van der Waals surface area (Å²) in [6.07, 6.45) is 0.644. The zero-order valence-electron chi connectivity index (χ0n) is 14.0. The highest BCUT2D eigenvalue weighted by Gasteiger charge is 2.38. The molecule has 3 nitrogen and oxygen atoms in total. The first-order chi connectivity index (χ1) is 12.0. The fourth-order valence-corrected chi connectivity index (χ4v) is 3.37. The van der Waals surface area contributed by atoms with E-state index in [9.17, 15) is 18.7 Å². The van der Waals surface area contributed by atoms with Gasteiger partial charge in [-0.25, -0.2) is 8.78 Å². The Labute approximate surface area is 145 Å². The van der Waals surface area contributed by atoms with E-state index in [2.05, 4.69) is 5.32 Å². The summed E-state index contributed by atoms with van der Waals surface area (Å²) in [5, 5.41) is 12.8. The minimum absolute atomic E-state index is 0.0240. The van der Waals surface area contributed by atoms with Crippen LogP contribution in [0.5, 0.6) is 0 Å². The summed E-state index contributed by atoms with van der Waals surface area (Å²) in [5.41, 5.74) is 1.19. The van der Waals surface area contributed by atoms with Gasteiger partial charge in [0.15, 0.2) is 0 Å². The monoisotopic (exact) mass is 345 g/mol. The summed E-state index contributed by atoms with van der Waals surface area (Å²) in [6, 6.07) is 11.5. The normalized spacial score (nSPS) is 21.9. The smallest absolute Gasteiger partial charge is 0.224 e. The zero-order valence-corrected chi connectivity index (χ0v) is 14.0. The van der Waals surface area contributed by atoms with Crippen LogP contribution in [0.4, 0.5) is 8.78 Å². The number of carbonyl (C=O) groups excluding carboxylic acids is 1. The molecule has 0 aromatic heterocycles. The molecule has 132 valence electrons. The van der Waals surface area contributed by atoms with Crippen molar-refractivity contribution in [2.24, 2.45) is 5.92 Å². The molecule has 0 spiro atoms. The molecule has 4 unspecified atom stereocenters. The molecule has 25 heavy (non-hydrogen) atoms. The highest BCUT2D eigenvalue weighted by Crippen LogP contribution is 2.43. The minimum atomic E-state index is -0.926. The van der Waals surface area contributed by atoms with Crippen molar-refractivity contribution in [2.75, 3.05) is 0 Å². The van der Waals surface area contributed by atoms with Gasteiger partial charge in [-0.15, -0.1) is 0 Å². The molecule has 3 rings (SSSR count). The molecule has 0 aliphatic heterocycles. The first-order valence-corrected chi connectivity index (χ1v) is 8.45. The van der Waals surface area contributed by atoms with Gasteiger partial charge in [-0.2, -0.15) is 0 Å². The van der Waals surface area contributed by atoms with Crippen molar-refractivity contribution in [1.82, 2.24) is 5.32 Å². The van der Waals surface area contributed by atoms with Gasteiger partial charge in [-0.1, -0.05) is 30.3 Å². The largest absolute Gasteiger partial charge is 0.391 e. The maximum atomic E-state index is 14.0. The van der Waals surface area contributed by atoms with Crippen LogP contribution in [0.2, 0.25) is 0 Å². The maximum Gasteiger partial charge on any atom is 0.224 e. The van der Waals surface area contributed by atoms with Crippen LogP contribution in [0.3, 0.4) is 0 Å². The molecule has 0 bridgehead atoms. The predicted molar refractivity (Wildman–Crippen MR) is 90.8 cm³/mol. The summed E-state index contributed by atoms with van der Waals surface area (Å²) in [7, 11) is 0. The van der Waals surface area contributed by atoms with Gasteiger partial charge in [-0.3, -0.25) is 4.79 Å². The Morgan fingerprint density at radius 2 is 1.80 bits per heavy atom. The molecule has 2 aromatic rings. The van der Waals surface area contributed by atoms with E-state index in [1.165, 1.54) is 25.1 Å². The van der Waals surface area contributed by atoms with E-state index in [1.54, 1.807) is 30.3 Å². The SMILES string of the molecule is CC(O)C(NC(=O)C1CCC1c1ccc(F)cc1)c1ccccc1F. The lowest BCUT2D eigenvalue weighted by atomic mass is 9.69. The molecule has 0 radical (unpaired) electrons. The quantitative estimate of drug-likeness (QED) is 0.868. The first-order valence-electron chi connectivity index (χ1n) is 8.45. The molecule has 1 aliphatic carbocycles. The van der Waals surface area contributed by atoms with Crippen molar-refractivity contribution in [2.45, 2.75) is 37.8 Å². The second-order valence-corrected chi connectivity index (χ2v) is 6.59. The van der Waals surface area contributed by atoms with Crippen molar-refractivity contribution in [1.29, 1.82) is 0 Å². The van der Waals surface area contributed by atoms with Gasteiger partial charge in [-0.05, 0) is 49.4 Å². The highest BCUT2D eigenvalue weighted by atomic mass is 19.1. The van der Waals surface area contributed by atoms with Crippen LogP contribution in [-0.4, -0.2) is 17.1 Å². The van der Waals surface area contributed by atoms with Gasteiger partial charge in [0.2, 0.25) is 5.91 Å². The molecule has 0 heterocycles. The number of carbonyl (C=O) groups is 1. The third kappa shape index (κ3) is 3.71. The maximum absolute atomic E-state index is 14.0. The summed E-state index contributed by atoms with van der Waals surface area (Å²) < 4.78 is 27.1. The van der Waals surface area contributed by atoms with Crippen molar-refractivity contribution >= 4 is 5.91 Å². The fourth-order valence-electron chi connectivity index (χ4n) is 3.37. The molecule has 2 N–H and O–H groups in total. The third-order valence-electron chi connectivity index (χ3n) is 4.93. The molecule has 1 amide bonds. The van der Waals surface area contributed by atoms with Gasteiger partial charge >= 0.3 is 0 Å². The van der Waals surface area contributed by atoms with Crippen molar-refractivity contribution in [3.8, 4) is 0 Å². The van der Waals surface area contributed by atoms with E-state index >= 15 is 0 Å². The van der Waals surface area contributed by atoms with Crippen molar-refractivity contribution in [3.05, 3.63) is 71.3 Å². The van der Waals surface area contributed by atoms with Crippen molar-refractivity contribution < 1.29 is 18.7 Å². The topological polar surface area (TPSA) is 49.3 Å². The molecule has 2 aromatic carbocycles. The zero-order chi connectivity index (χ0) is 18.0. The second kappa shape index (κ2) is 7.31. The number of hydrogen-bond donors (Lipinski definition) is 2. The lowest BCUT2D eigenvalue weighted by Crippen LogP contribution is -2.44. The molecular weight excluding hydrogens is 324 g/mol. The molecule has 5 heteroatoms. The lowest BCUT2D eigenvalue weighted by Gasteiger charge is -2.37.